The predicted octanol–water partition coefficient (Wildman–Crippen LogP) is 2.54. The maximum atomic E-state index is 5.43. The third-order valence-corrected chi connectivity index (χ3v) is 4.67. The summed E-state index contributed by atoms with van der Waals surface area (Å²) in [6, 6.07) is 7.00. The Balaban J connectivity index is 1.70. The fourth-order valence-electron chi connectivity index (χ4n) is 3.12. The first-order chi connectivity index (χ1) is 11.1. The number of ether oxygens (including phenoxy) is 1. The van der Waals surface area contributed by atoms with Crippen LogP contribution in [0.25, 0.3) is 5.69 Å². The maximum absolute atomic E-state index is 5.43. The van der Waals surface area contributed by atoms with E-state index in [-0.39, 0.29) is 0 Å². The molecule has 1 aliphatic heterocycles. The summed E-state index contributed by atoms with van der Waals surface area (Å²) in [5.74, 6) is 1.04. The van der Waals surface area contributed by atoms with Crippen LogP contribution < -0.4 is 0 Å². The normalized spacial score (nSPS) is 17.3. The number of aryl methyl sites for hydroxylation is 3. The van der Waals surface area contributed by atoms with E-state index in [0.29, 0.717) is 6.04 Å². The third-order valence-electron chi connectivity index (χ3n) is 4.67. The Morgan fingerprint density at radius 2 is 2.00 bits per heavy atom. The fourth-order valence-corrected chi connectivity index (χ4v) is 3.12. The lowest BCUT2D eigenvalue weighted by Gasteiger charge is -2.32. The molecular weight excluding hydrogens is 288 g/mol. The molecule has 0 aliphatic carbocycles. The molecule has 1 fully saturated rings. The molecule has 0 N–H and O–H groups in total. The summed E-state index contributed by atoms with van der Waals surface area (Å²) in [6.45, 7) is 10.3. The van der Waals surface area contributed by atoms with Gasteiger partial charge in [-0.3, -0.25) is 4.90 Å². The average Bonchev–Trinajstić information content (AvgIpc) is 3.04. The summed E-state index contributed by atoms with van der Waals surface area (Å²) in [7, 11) is 0. The molecule has 23 heavy (non-hydrogen) atoms. The summed E-state index contributed by atoms with van der Waals surface area (Å²) in [4.78, 5) is 6.99. The van der Waals surface area contributed by atoms with Crippen molar-refractivity contribution in [3.8, 4) is 5.69 Å². The highest BCUT2D eigenvalue weighted by Crippen LogP contribution is 2.18. The molecule has 0 spiro atoms. The molecule has 3 rings (SSSR count). The van der Waals surface area contributed by atoms with Gasteiger partial charge in [0, 0.05) is 25.6 Å². The predicted molar refractivity (Wildman–Crippen MR) is 91.0 cm³/mol. The highest BCUT2D eigenvalue weighted by molar-refractivity contribution is 5.42. The maximum Gasteiger partial charge on any atom is 0.138 e. The van der Waals surface area contributed by atoms with E-state index in [1.54, 1.807) is 6.33 Å². The van der Waals surface area contributed by atoms with E-state index in [1.807, 2.05) is 4.68 Å². The molecule has 2 heterocycles. The van der Waals surface area contributed by atoms with E-state index >= 15 is 0 Å². The highest BCUT2D eigenvalue weighted by Gasteiger charge is 2.18. The molecule has 0 saturated carbocycles. The van der Waals surface area contributed by atoms with E-state index in [0.717, 1.165) is 50.7 Å². The summed E-state index contributed by atoms with van der Waals surface area (Å²) >= 11 is 0. The van der Waals surface area contributed by atoms with Gasteiger partial charge in [0.25, 0.3) is 0 Å². The summed E-state index contributed by atoms with van der Waals surface area (Å²) in [6.07, 6.45) is 3.69. The van der Waals surface area contributed by atoms with Crippen LogP contribution in [-0.4, -0.2) is 52.0 Å². The van der Waals surface area contributed by atoms with E-state index in [9.17, 15) is 0 Å². The van der Waals surface area contributed by atoms with Gasteiger partial charge in [-0.05, 0) is 44.4 Å². The van der Waals surface area contributed by atoms with Crippen molar-refractivity contribution < 1.29 is 4.74 Å². The molecule has 5 nitrogen and oxygen atoms in total. The van der Waals surface area contributed by atoms with Gasteiger partial charge in [0.1, 0.15) is 12.2 Å². The molecule has 1 saturated heterocycles. The van der Waals surface area contributed by atoms with E-state index in [4.69, 9.17) is 4.74 Å². The first kappa shape index (κ1) is 16.1. The van der Waals surface area contributed by atoms with Crippen molar-refractivity contribution in [3.05, 3.63) is 41.5 Å². The van der Waals surface area contributed by atoms with Gasteiger partial charge < -0.3 is 4.74 Å². The van der Waals surface area contributed by atoms with Crippen molar-refractivity contribution in [2.75, 3.05) is 26.3 Å². The number of hydrogen-bond acceptors (Lipinski definition) is 4. The van der Waals surface area contributed by atoms with Crippen LogP contribution in [0.4, 0.5) is 0 Å². The van der Waals surface area contributed by atoms with E-state index in [2.05, 4.69) is 54.0 Å². The van der Waals surface area contributed by atoms with Gasteiger partial charge in [0.15, 0.2) is 0 Å². The van der Waals surface area contributed by atoms with Crippen molar-refractivity contribution >= 4 is 0 Å². The summed E-state index contributed by atoms with van der Waals surface area (Å²) < 4.78 is 7.43. The zero-order chi connectivity index (χ0) is 16.2. The smallest absolute Gasteiger partial charge is 0.138 e. The van der Waals surface area contributed by atoms with Gasteiger partial charge in [-0.1, -0.05) is 12.1 Å². The highest BCUT2D eigenvalue weighted by atomic mass is 16.5. The Morgan fingerprint density at radius 1 is 1.22 bits per heavy atom. The Morgan fingerprint density at radius 3 is 2.78 bits per heavy atom. The first-order valence-corrected chi connectivity index (χ1v) is 8.43. The van der Waals surface area contributed by atoms with Crippen molar-refractivity contribution in [1.29, 1.82) is 0 Å². The second-order valence-corrected chi connectivity index (χ2v) is 6.41. The van der Waals surface area contributed by atoms with Gasteiger partial charge in [-0.15, -0.1) is 0 Å². The molecule has 1 unspecified atom stereocenters. The molecule has 124 valence electrons. The van der Waals surface area contributed by atoms with Crippen LogP contribution in [0.15, 0.2) is 24.5 Å². The van der Waals surface area contributed by atoms with Crippen LogP contribution >= 0.6 is 0 Å². The molecule has 5 heteroatoms. The van der Waals surface area contributed by atoms with Crippen molar-refractivity contribution in [2.45, 2.75) is 39.7 Å². The van der Waals surface area contributed by atoms with Crippen LogP contribution in [0, 0.1) is 13.8 Å². The van der Waals surface area contributed by atoms with Crippen LogP contribution in [0.5, 0.6) is 0 Å². The monoisotopic (exact) mass is 314 g/mol. The van der Waals surface area contributed by atoms with Crippen LogP contribution in [0.2, 0.25) is 0 Å². The van der Waals surface area contributed by atoms with Crippen LogP contribution in [-0.2, 0) is 11.2 Å². The molecule has 1 aromatic carbocycles. The lowest BCUT2D eigenvalue weighted by molar-refractivity contribution is 0.0186. The quantitative estimate of drug-likeness (QED) is 0.850. The molecular formula is C18H26N4O. The van der Waals surface area contributed by atoms with Crippen LogP contribution in [0.1, 0.15) is 30.3 Å². The first-order valence-electron chi connectivity index (χ1n) is 8.43. The number of hydrogen-bond donors (Lipinski definition) is 0. The van der Waals surface area contributed by atoms with Crippen LogP contribution in [0.3, 0.4) is 0 Å². The van der Waals surface area contributed by atoms with Crippen molar-refractivity contribution in [3.63, 3.8) is 0 Å². The molecule has 0 radical (unpaired) electrons. The van der Waals surface area contributed by atoms with Gasteiger partial charge in [-0.25, -0.2) is 9.67 Å². The number of nitrogens with zero attached hydrogens (tertiary/aromatic N) is 4. The largest absolute Gasteiger partial charge is 0.379 e. The average molecular weight is 314 g/mol. The van der Waals surface area contributed by atoms with Crippen molar-refractivity contribution in [1.82, 2.24) is 19.7 Å². The second kappa shape index (κ2) is 7.23. The number of morpholine rings is 1. The minimum atomic E-state index is 0.544. The topological polar surface area (TPSA) is 43.2 Å². The third kappa shape index (κ3) is 3.79. The summed E-state index contributed by atoms with van der Waals surface area (Å²) in [5.41, 5.74) is 3.61. The summed E-state index contributed by atoms with van der Waals surface area (Å²) in [5, 5.41) is 4.45. The lowest BCUT2D eigenvalue weighted by atomic mass is 10.1. The minimum Gasteiger partial charge on any atom is -0.379 e. The number of aromatic nitrogens is 3. The molecule has 2 aromatic rings. The van der Waals surface area contributed by atoms with Gasteiger partial charge in [-0.2, -0.15) is 5.10 Å². The van der Waals surface area contributed by atoms with Gasteiger partial charge in [0.05, 0.1) is 18.9 Å². The van der Waals surface area contributed by atoms with Crippen molar-refractivity contribution in [2.24, 2.45) is 0 Å². The zero-order valence-electron chi connectivity index (χ0n) is 14.3. The molecule has 0 amide bonds. The molecule has 1 atom stereocenters. The lowest BCUT2D eigenvalue weighted by Crippen LogP contribution is -2.42. The Labute approximate surface area is 138 Å². The minimum absolute atomic E-state index is 0.544. The zero-order valence-corrected chi connectivity index (χ0v) is 14.3. The Kier molecular flexibility index (Phi) is 5.08. The number of rotatable bonds is 5. The standard InChI is InChI=1S/C18H26N4O/c1-14-4-5-15(2)17(12-14)22-18(19-13-20-22)7-6-16(3)21-8-10-23-11-9-21/h4-5,12-13,16H,6-11H2,1-3H3. The molecule has 1 aromatic heterocycles. The number of benzene rings is 1. The second-order valence-electron chi connectivity index (χ2n) is 6.41. The Bertz CT molecular complexity index is 646. The van der Waals surface area contributed by atoms with Gasteiger partial charge >= 0.3 is 0 Å². The van der Waals surface area contributed by atoms with E-state index in [1.165, 1.54) is 11.1 Å². The molecule has 1 aliphatic rings. The fraction of sp³-hybridized carbons (Fsp3) is 0.556. The van der Waals surface area contributed by atoms with E-state index < -0.39 is 0 Å². The molecule has 0 bridgehead atoms. The van der Waals surface area contributed by atoms with Gasteiger partial charge in [0.2, 0.25) is 0 Å². The SMILES string of the molecule is Cc1ccc(C)c(-n2ncnc2CCC(C)N2CCOCC2)c1. The Hall–Kier alpha value is -1.72.